The Kier molecular flexibility index (Phi) is 7.60. The van der Waals surface area contributed by atoms with Crippen molar-refractivity contribution in [2.45, 2.75) is 31.5 Å². The lowest BCUT2D eigenvalue weighted by molar-refractivity contribution is -0.145. The summed E-state index contributed by atoms with van der Waals surface area (Å²) < 4.78 is 67.0. The number of likely N-dealkylation sites (tertiary alicyclic amines) is 1. The lowest BCUT2D eigenvalue weighted by atomic mass is 9.87. The van der Waals surface area contributed by atoms with Crippen LogP contribution in [0.3, 0.4) is 0 Å². The number of carbonyl (C=O) groups is 1. The number of hydrogen-bond donors (Lipinski definition) is 3. The minimum atomic E-state index is -4.60. The summed E-state index contributed by atoms with van der Waals surface area (Å²) in [6.45, 7) is 0.494. The summed E-state index contributed by atoms with van der Waals surface area (Å²) in [6.07, 6.45) is 1.54. The fourth-order valence-electron chi connectivity index (χ4n) is 3.76. The van der Waals surface area contributed by atoms with Crippen molar-refractivity contribution in [1.29, 1.82) is 5.41 Å². The van der Waals surface area contributed by atoms with Crippen molar-refractivity contribution in [3.8, 4) is 0 Å². The maximum atomic E-state index is 14.4. The fraction of sp³-hybridized carbons (Fsp3) is 0.429. The van der Waals surface area contributed by atoms with E-state index < -0.39 is 54.2 Å². The summed E-state index contributed by atoms with van der Waals surface area (Å²) in [5, 5.41) is 13.8. The van der Waals surface area contributed by atoms with Gasteiger partial charge in [-0.1, -0.05) is 6.92 Å². The van der Waals surface area contributed by atoms with E-state index in [-0.39, 0.29) is 23.8 Å². The van der Waals surface area contributed by atoms with Gasteiger partial charge in [0, 0.05) is 56.6 Å². The Morgan fingerprint density at radius 2 is 1.91 bits per heavy atom. The Morgan fingerprint density at radius 3 is 2.49 bits per heavy atom. The molecule has 1 amide bonds. The number of carbonyl (C=O) groups excluding carboxylic acids is 1. The normalized spacial score (nSPS) is 20.3. The molecule has 1 saturated heterocycles. The average molecular weight is 498 g/mol. The lowest BCUT2D eigenvalue weighted by Gasteiger charge is -2.43. The van der Waals surface area contributed by atoms with Crippen molar-refractivity contribution < 1.29 is 26.7 Å². The van der Waals surface area contributed by atoms with Gasteiger partial charge in [0.05, 0.1) is 30.0 Å². The second-order valence-corrected chi connectivity index (χ2v) is 8.02. The number of anilines is 1. The van der Waals surface area contributed by atoms with Gasteiger partial charge in [0.1, 0.15) is 5.71 Å². The number of piperidine rings is 1. The van der Waals surface area contributed by atoms with E-state index in [1.54, 1.807) is 7.05 Å². The molecule has 3 rings (SSSR count). The van der Waals surface area contributed by atoms with Crippen molar-refractivity contribution in [1.82, 2.24) is 30.2 Å². The number of hydrogen-bond acceptors (Lipinski definition) is 8. The van der Waals surface area contributed by atoms with E-state index in [1.165, 1.54) is 31.7 Å². The summed E-state index contributed by atoms with van der Waals surface area (Å²) >= 11 is 0. The highest BCUT2D eigenvalue weighted by molar-refractivity contribution is 6.54. The Hall–Kier alpha value is -3.71. The van der Waals surface area contributed by atoms with Gasteiger partial charge in [-0.2, -0.15) is 13.2 Å². The van der Waals surface area contributed by atoms with E-state index in [0.717, 1.165) is 4.90 Å². The number of aromatic nitrogens is 4. The van der Waals surface area contributed by atoms with Gasteiger partial charge >= 0.3 is 6.18 Å². The zero-order chi connectivity index (χ0) is 25.8. The van der Waals surface area contributed by atoms with Crippen LogP contribution in [0.2, 0.25) is 0 Å². The van der Waals surface area contributed by atoms with E-state index in [1.807, 2.05) is 0 Å². The first-order valence-electron chi connectivity index (χ1n) is 10.5. The van der Waals surface area contributed by atoms with Gasteiger partial charge in [0.2, 0.25) is 5.95 Å². The molecule has 1 aliphatic heterocycles. The second kappa shape index (κ2) is 10.3. The molecule has 1 fully saturated rings. The molecular weight excluding hydrogens is 475 g/mol. The minimum Gasteiger partial charge on any atom is -0.393 e. The molecule has 2 atom stereocenters. The number of alkyl halides is 5. The molecule has 35 heavy (non-hydrogen) atoms. The fourth-order valence-corrected chi connectivity index (χ4v) is 3.76. The molecule has 0 spiro atoms. The van der Waals surface area contributed by atoms with Gasteiger partial charge in [-0.15, -0.1) is 0 Å². The Bertz CT molecular complexity index is 1080. The van der Waals surface area contributed by atoms with Crippen molar-refractivity contribution >= 4 is 23.1 Å². The van der Waals surface area contributed by atoms with Crippen LogP contribution in [0.1, 0.15) is 24.6 Å². The number of nitrogens with one attached hydrogen (secondary N) is 3. The molecule has 0 saturated carbocycles. The van der Waals surface area contributed by atoms with Crippen LogP contribution in [0.5, 0.6) is 0 Å². The van der Waals surface area contributed by atoms with Gasteiger partial charge < -0.3 is 15.5 Å². The molecule has 3 heterocycles. The summed E-state index contributed by atoms with van der Waals surface area (Å²) in [7, 11) is 1.54. The van der Waals surface area contributed by atoms with Crippen LogP contribution in [0, 0.1) is 11.3 Å². The quantitative estimate of drug-likeness (QED) is 0.397. The van der Waals surface area contributed by atoms with E-state index in [0.29, 0.717) is 12.4 Å². The summed E-state index contributed by atoms with van der Waals surface area (Å²) in [5.41, 5.74) is -1.35. The molecule has 2 unspecified atom stereocenters. The van der Waals surface area contributed by atoms with Gasteiger partial charge in [0.25, 0.3) is 11.8 Å². The second-order valence-electron chi connectivity index (χ2n) is 8.02. The monoisotopic (exact) mass is 498 g/mol. The average Bonchev–Trinajstić information content (AvgIpc) is 2.80. The molecule has 0 aliphatic carbocycles. The molecular formula is C21H23F5N8O. The zero-order valence-corrected chi connectivity index (χ0v) is 18.8. The molecule has 0 bridgehead atoms. The van der Waals surface area contributed by atoms with Crippen LogP contribution >= 0.6 is 0 Å². The minimum absolute atomic E-state index is 0.0601. The van der Waals surface area contributed by atoms with Gasteiger partial charge in [-0.05, 0) is 5.92 Å². The first-order chi connectivity index (χ1) is 16.4. The number of nitrogens with zero attached hydrogens (tertiary/aromatic N) is 5. The van der Waals surface area contributed by atoms with Crippen molar-refractivity contribution in [2.24, 2.45) is 5.92 Å². The largest absolute Gasteiger partial charge is 0.419 e. The lowest BCUT2D eigenvalue weighted by Crippen LogP contribution is -2.59. The van der Waals surface area contributed by atoms with Crippen LogP contribution < -0.4 is 10.6 Å². The van der Waals surface area contributed by atoms with Gasteiger partial charge in [0.15, 0.2) is 0 Å². The van der Waals surface area contributed by atoms with Crippen LogP contribution in [-0.2, 0) is 11.0 Å². The molecule has 0 aromatic carbocycles. The molecule has 9 nitrogen and oxygen atoms in total. The summed E-state index contributed by atoms with van der Waals surface area (Å²) in [4.78, 5) is 29.4. The van der Waals surface area contributed by atoms with E-state index >= 15 is 0 Å². The SMILES string of the molecule is CN/C=C(\C(=N)C(=O)N1CC(F)(F)CC(C)C1CNc1ncc(C(F)(F)F)cn1)c1cnccn1. The molecule has 0 radical (unpaired) electrons. The van der Waals surface area contributed by atoms with E-state index in [9.17, 15) is 26.7 Å². The topological polar surface area (TPSA) is 120 Å². The van der Waals surface area contributed by atoms with E-state index in [2.05, 4.69) is 30.6 Å². The maximum Gasteiger partial charge on any atom is 0.419 e. The van der Waals surface area contributed by atoms with Gasteiger partial charge in [-0.25, -0.2) is 18.7 Å². The van der Waals surface area contributed by atoms with Crippen molar-refractivity contribution in [2.75, 3.05) is 25.5 Å². The Balaban J connectivity index is 1.83. The Morgan fingerprint density at radius 1 is 1.23 bits per heavy atom. The molecule has 14 heteroatoms. The van der Waals surface area contributed by atoms with E-state index in [4.69, 9.17) is 5.41 Å². The van der Waals surface area contributed by atoms with Crippen molar-refractivity contribution in [3.63, 3.8) is 0 Å². The standard InChI is InChI=1S/C21H23F5N8O/c1-12-5-20(22,23)11-34(16(12)10-33-19-31-6-13(7-32-19)21(24,25)26)18(35)17(27)14(8-28-2)15-9-29-3-4-30-15/h3-4,6-9,12,16,27-28H,5,10-11H2,1-2H3,(H,31,32,33)/b14-8-,27-17?. The number of halogens is 5. The molecule has 188 valence electrons. The smallest absolute Gasteiger partial charge is 0.393 e. The van der Waals surface area contributed by atoms with Crippen LogP contribution in [0.4, 0.5) is 27.9 Å². The number of rotatable bonds is 7. The van der Waals surface area contributed by atoms with Crippen LogP contribution in [-0.4, -0.2) is 68.6 Å². The third-order valence-electron chi connectivity index (χ3n) is 5.40. The summed E-state index contributed by atoms with van der Waals surface area (Å²) in [6, 6.07) is -0.814. The first kappa shape index (κ1) is 25.9. The number of amides is 1. The predicted molar refractivity (Wildman–Crippen MR) is 117 cm³/mol. The van der Waals surface area contributed by atoms with Crippen LogP contribution in [0.25, 0.3) is 5.57 Å². The molecule has 1 aliphatic rings. The highest BCUT2D eigenvalue weighted by atomic mass is 19.4. The predicted octanol–water partition coefficient (Wildman–Crippen LogP) is 2.85. The third-order valence-corrected chi connectivity index (χ3v) is 5.40. The first-order valence-corrected chi connectivity index (χ1v) is 10.5. The van der Waals surface area contributed by atoms with Crippen LogP contribution in [0.15, 0.2) is 37.2 Å². The maximum absolute atomic E-state index is 14.4. The third kappa shape index (κ3) is 6.25. The highest BCUT2D eigenvalue weighted by Crippen LogP contribution is 2.35. The summed E-state index contributed by atoms with van der Waals surface area (Å²) in [5.74, 6) is -4.99. The van der Waals surface area contributed by atoms with Gasteiger partial charge in [-0.3, -0.25) is 20.2 Å². The molecule has 3 N–H and O–H groups in total. The zero-order valence-electron chi connectivity index (χ0n) is 18.8. The molecule has 2 aromatic rings. The Labute approximate surface area is 197 Å². The van der Waals surface area contributed by atoms with Crippen molar-refractivity contribution in [3.05, 3.63) is 48.4 Å². The molecule has 2 aromatic heterocycles. The highest BCUT2D eigenvalue weighted by Gasteiger charge is 2.47.